The summed E-state index contributed by atoms with van der Waals surface area (Å²) in [6.07, 6.45) is -4.62. The van der Waals surface area contributed by atoms with Gasteiger partial charge in [-0.2, -0.15) is 18.4 Å². The number of halogens is 4. The zero-order valence-electron chi connectivity index (χ0n) is 13.0. The predicted molar refractivity (Wildman–Crippen MR) is 89.3 cm³/mol. The summed E-state index contributed by atoms with van der Waals surface area (Å²) in [5.74, 6) is 0. The maximum Gasteiger partial charge on any atom is 0.431 e. The van der Waals surface area contributed by atoms with Gasteiger partial charge in [0, 0.05) is 18.2 Å². The second kappa shape index (κ2) is 5.86. The van der Waals surface area contributed by atoms with E-state index < -0.39 is 11.9 Å². The van der Waals surface area contributed by atoms with E-state index in [-0.39, 0.29) is 16.1 Å². The van der Waals surface area contributed by atoms with Gasteiger partial charge < -0.3 is 4.57 Å². The summed E-state index contributed by atoms with van der Waals surface area (Å²) in [4.78, 5) is 4.38. The lowest BCUT2D eigenvalue weighted by atomic mass is 10.0. The number of thiazole rings is 1. The molecule has 0 saturated heterocycles. The number of nitrogens with zero attached hydrogens (tertiary/aromatic N) is 3. The maximum absolute atomic E-state index is 13.1. The van der Waals surface area contributed by atoms with Crippen LogP contribution in [-0.2, 0) is 13.2 Å². The van der Waals surface area contributed by atoms with Crippen molar-refractivity contribution in [1.82, 2.24) is 9.55 Å². The molecule has 0 fully saturated rings. The van der Waals surface area contributed by atoms with E-state index in [4.69, 9.17) is 17.0 Å². The minimum atomic E-state index is -4.62. The molecule has 25 heavy (non-hydrogen) atoms. The third kappa shape index (κ3) is 2.79. The molecule has 4 nitrogen and oxygen atoms in total. The van der Waals surface area contributed by atoms with E-state index in [1.54, 1.807) is 19.1 Å². The van der Waals surface area contributed by atoms with Crippen molar-refractivity contribution in [2.45, 2.75) is 13.1 Å². The molecule has 0 aliphatic heterocycles. The molecule has 0 aliphatic rings. The summed E-state index contributed by atoms with van der Waals surface area (Å²) in [5, 5.41) is 17.9. The van der Waals surface area contributed by atoms with Crippen molar-refractivity contribution in [3.8, 4) is 17.2 Å². The molecule has 0 saturated carbocycles. The SMILES string of the molecule is Cc1nc2c(-c3c(Cl)cc(C(F)(F)F)n(C)c3=N)ccc(C#N)c2s1. The summed E-state index contributed by atoms with van der Waals surface area (Å²) in [7, 11) is 1.16. The molecule has 2 aromatic heterocycles. The molecule has 3 aromatic rings. The van der Waals surface area contributed by atoms with Crippen LogP contribution in [0.4, 0.5) is 13.2 Å². The van der Waals surface area contributed by atoms with Crippen LogP contribution in [0.25, 0.3) is 21.3 Å². The van der Waals surface area contributed by atoms with E-state index in [9.17, 15) is 18.4 Å². The highest BCUT2D eigenvalue weighted by molar-refractivity contribution is 7.18. The summed E-state index contributed by atoms with van der Waals surface area (Å²) < 4.78 is 40.6. The number of hydrogen-bond donors (Lipinski definition) is 1. The van der Waals surface area contributed by atoms with Crippen LogP contribution in [0.5, 0.6) is 0 Å². The van der Waals surface area contributed by atoms with Gasteiger partial charge in [0.1, 0.15) is 17.3 Å². The van der Waals surface area contributed by atoms with Gasteiger partial charge >= 0.3 is 6.18 Å². The Hall–Kier alpha value is -2.37. The van der Waals surface area contributed by atoms with Crippen molar-refractivity contribution < 1.29 is 13.2 Å². The standard InChI is InChI=1S/C16H10ClF3N4S/c1-7-23-13-9(4-3-8(6-21)14(13)25-7)12-10(17)5-11(16(18,19)20)24(2)15(12)22/h3-5,22H,1-2H3. The number of nitriles is 1. The van der Waals surface area contributed by atoms with E-state index in [0.717, 1.165) is 17.7 Å². The Morgan fingerprint density at radius 3 is 2.64 bits per heavy atom. The number of benzene rings is 1. The van der Waals surface area contributed by atoms with Crippen LogP contribution in [0.2, 0.25) is 5.02 Å². The first kappa shape index (κ1) is 17.5. The van der Waals surface area contributed by atoms with E-state index >= 15 is 0 Å². The van der Waals surface area contributed by atoms with Crippen molar-refractivity contribution in [3.05, 3.63) is 45.0 Å². The Morgan fingerprint density at radius 1 is 1.36 bits per heavy atom. The molecule has 0 spiro atoms. The zero-order valence-corrected chi connectivity index (χ0v) is 14.6. The molecule has 0 unspecified atom stereocenters. The highest BCUT2D eigenvalue weighted by Crippen LogP contribution is 2.37. The lowest BCUT2D eigenvalue weighted by Crippen LogP contribution is -2.27. The molecular formula is C16H10ClF3N4S. The van der Waals surface area contributed by atoms with Crippen molar-refractivity contribution in [2.24, 2.45) is 7.05 Å². The molecule has 1 N–H and O–H groups in total. The van der Waals surface area contributed by atoms with Gasteiger partial charge in [-0.1, -0.05) is 17.7 Å². The molecule has 0 aliphatic carbocycles. The number of pyridine rings is 1. The van der Waals surface area contributed by atoms with Crippen LogP contribution in [-0.4, -0.2) is 9.55 Å². The van der Waals surface area contributed by atoms with Crippen LogP contribution >= 0.6 is 22.9 Å². The number of fused-ring (bicyclic) bond motifs is 1. The molecule has 128 valence electrons. The lowest BCUT2D eigenvalue weighted by Gasteiger charge is -2.16. The summed E-state index contributed by atoms with van der Waals surface area (Å²) >= 11 is 7.42. The van der Waals surface area contributed by atoms with E-state index in [1.165, 1.54) is 11.3 Å². The fourth-order valence-corrected chi connectivity index (χ4v) is 3.82. The Balaban J connectivity index is 2.40. The summed E-state index contributed by atoms with van der Waals surface area (Å²) in [6.45, 7) is 1.77. The third-order valence-corrected chi connectivity index (χ3v) is 5.07. The van der Waals surface area contributed by atoms with Gasteiger partial charge in [0.25, 0.3) is 0 Å². The topological polar surface area (TPSA) is 65.5 Å². The normalized spacial score (nSPS) is 11.7. The molecule has 0 bridgehead atoms. The number of aromatic nitrogens is 2. The molecule has 0 amide bonds. The van der Waals surface area contributed by atoms with Gasteiger partial charge in [0.05, 0.1) is 25.8 Å². The van der Waals surface area contributed by atoms with Crippen molar-refractivity contribution in [1.29, 1.82) is 10.7 Å². The first-order valence-electron chi connectivity index (χ1n) is 6.97. The van der Waals surface area contributed by atoms with Crippen LogP contribution < -0.4 is 5.49 Å². The molecule has 3 rings (SSSR count). The first-order valence-corrected chi connectivity index (χ1v) is 8.16. The van der Waals surface area contributed by atoms with E-state index in [0.29, 0.717) is 26.4 Å². The average Bonchev–Trinajstić information content (AvgIpc) is 2.91. The van der Waals surface area contributed by atoms with Gasteiger partial charge in [-0.3, -0.25) is 5.41 Å². The van der Waals surface area contributed by atoms with Crippen LogP contribution in [0, 0.1) is 23.7 Å². The minimum absolute atomic E-state index is 0.150. The molecule has 9 heteroatoms. The van der Waals surface area contributed by atoms with Crippen molar-refractivity contribution >= 4 is 33.2 Å². The van der Waals surface area contributed by atoms with E-state index in [2.05, 4.69) is 11.1 Å². The fourth-order valence-electron chi connectivity index (χ4n) is 2.62. The molecule has 2 heterocycles. The van der Waals surface area contributed by atoms with E-state index in [1.807, 2.05) is 0 Å². The van der Waals surface area contributed by atoms with Gasteiger partial charge in [-0.15, -0.1) is 11.3 Å². The fraction of sp³-hybridized carbons (Fsp3) is 0.188. The van der Waals surface area contributed by atoms with Crippen molar-refractivity contribution in [2.75, 3.05) is 0 Å². The van der Waals surface area contributed by atoms with Crippen LogP contribution in [0.3, 0.4) is 0 Å². The lowest BCUT2D eigenvalue weighted by molar-refractivity contribution is -0.143. The van der Waals surface area contributed by atoms with Crippen LogP contribution in [0.1, 0.15) is 16.3 Å². The highest BCUT2D eigenvalue weighted by atomic mass is 35.5. The minimum Gasteiger partial charge on any atom is -0.325 e. The van der Waals surface area contributed by atoms with Gasteiger partial charge in [-0.25, -0.2) is 4.98 Å². The predicted octanol–water partition coefficient (Wildman–Crippen LogP) is 4.63. The molecule has 0 radical (unpaired) electrons. The molecular weight excluding hydrogens is 373 g/mol. The number of aryl methyl sites for hydroxylation is 1. The summed E-state index contributed by atoms with van der Waals surface area (Å²) in [6, 6.07) is 5.99. The van der Waals surface area contributed by atoms with Gasteiger partial charge in [0.15, 0.2) is 0 Å². The Bertz CT molecular complexity index is 1110. The highest BCUT2D eigenvalue weighted by Gasteiger charge is 2.34. The average molecular weight is 383 g/mol. The Kier molecular flexibility index (Phi) is 4.09. The molecule has 1 aromatic carbocycles. The van der Waals surface area contributed by atoms with Crippen molar-refractivity contribution in [3.63, 3.8) is 0 Å². The third-order valence-electron chi connectivity index (χ3n) is 3.77. The smallest absolute Gasteiger partial charge is 0.325 e. The second-order valence-electron chi connectivity index (χ2n) is 5.34. The summed E-state index contributed by atoms with van der Waals surface area (Å²) in [5.41, 5.74) is 0.0664. The maximum atomic E-state index is 13.1. The number of nitrogens with one attached hydrogen (secondary N) is 1. The largest absolute Gasteiger partial charge is 0.431 e. The van der Waals surface area contributed by atoms with Gasteiger partial charge in [0.2, 0.25) is 0 Å². The molecule has 0 atom stereocenters. The number of rotatable bonds is 1. The second-order valence-corrected chi connectivity index (χ2v) is 6.95. The van der Waals surface area contributed by atoms with Crippen LogP contribution in [0.15, 0.2) is 18.2 Å². The number of alkyl halides is 3. The van der Waals surface area contributed by atoms with Gasteiger partial charge in [-0.05, 0) is 19.1 Å². The Morgan fingerprint density at radius 2 is 2.04 bits per heavy atom. The zero-order chi connectivity index (χ0) is 18.5. The Labute approximate surface area is 149 Å². The first-order chi connectivity index (χ1) is 11.6. The monoisotopic (exact) mass is 382 g/mol. The number of hydrogen-bond acceptors (Lipinski definition) is 4. The quantitative estimate of drug-likeness (QED) is 0.666.